The van der Waals surface area contributed by atoms with Crippen LogP contribution in [-0.4, -0.2) is 66.0 Å². The Kier molecular flexibility index (Phi) is 8.02. The second kappa shape index (κ2) is 9.35. The highest BCUT2D eigenvalue weighted by atomic mass is 79.9. The number of esters is 3. The lowest BCUT2D eigenvalue weighted by atomic mass is 9.96. The molecule has 0 aromatic rings. The fraction of sp³-hybridized carbons (Fsp3) is 0.714. The van der Waals surface area contributed by atoms with E-state index >= 15 is 0 Å². The third-order valence-electron chi connectivity index (χ3n) is 3.25. The monoisotopic (exact) mass is 463 g/mol. The SMILES string of the molecule is CC(=O)OC[C@@H]1O[C@@H](Br)[C@@H](OC(C)=O)[C@H](NC(=O)C(F)(F)F)[C@H]1OC(C)=O. The molecule has 1 amide bonds. The minimum Gasteiger partial charge on any atom is -0.463 e. The van der Waals surface area contributed by atoms with Crippen LogP contribution in [0.4, 0.5) is 13.2 Å². The van der Waals surface area contributed by atoms with Gasteiger partial charge in [0.2, 0.25) is 0 Å². The summed E-state index contributed by atoms with van der Waals surface area (Å²) in [6.07, 6.45) is -9.49. The molecule has 5 atom stereocenters. The zero-order valence-corrected chi connectivity index (χ0v) is 16.0. The predicted molar refractivity (Wildman–Crippen MR) is 83.3 cm³/mol. The molecule has 1 rings (SSSR count). The van der Waals surface area contributed by atoms with E-state index in [-0.39, 0.29) is 0 Å². The quantitative estimate of drug-likeness (QED) is 0.357. The van der Waals surface area contributed by atoms with Crippen LogP contribution in [0.15, 0.2) is 0 Å². The second-order valence-corrected chi connectivity index (χ2v) is 6.38. The number of hydrogen-bond donors (Lipinski definition) is 1. The Morgan fingerprint density at radius 2 is 1.52 bits per heavy atom. The molecule has 0 spiro atoms. The van der Waals surface area contributed by atoms with Gasteiger partial charge in [-0.2, -0.15) is 13.2 Å². The number of carbonyl (C=O) groups is 4. The van der Waals surface area contributed by atoms with Gasteiger partial charge in [0.1, 0.15) is 18.8 Å². The zero-order chi connectivity index (χ0) is 20.9. The van der Waals surface area contributed by atoms with E-state index in [1.165, 1.54) is 0 Å². The van der Waals surface area contributed by atoms with E-state index in [2.05, 4.69) is 15.9 Å². The largest absolute Gasteiger partial charge is 0.471 e. The molecule has 0 saturated carbocycles. The molecule has 154 valence electrons. The third-order valence-corrected chi connectivity index (χ3v) is 3.98. The summed E-state index contributed by atoms with van der Waals surface area (Å²) in [5.41, 5.74) is 0. The minimum atomic E-state index is -5.24. The number of ether oxygens (including phenoxy) is 4. The summed E-state index contributed by atoms with van der Waals surface area (Å²) in [5.74, 6) is -4.84. The molecule has 0 radical (unpaired) electrons. The molecule has 1 aliphatic rings. The smallest absolute Gasteiger partial charge is 0.463 e. The van der Waals surface area contributed by atoms with Crippen LogP contribution in [0.2, 0.25) is 0 Å². The minimum absolute atomic E-state index is 0.486. The predicted octanol–water partition coefficient (Wildman–Crippen LogP) is 0.580. The van der Waals surface area contributed by atoms with Crippen LogP contribution in [0.25, 0.3) is 0 Å². The van der Waals surface area contributed by atoms with E-state index < -0.39 is 66.0 Å². The Hall–Kier alpha value is -1.89. The van der Waals surface area contributed by atoms with Crippen molar-refractivity contribution in [2.45, 2.75) is 56.3 Å². The van der Waals surface area contributed by atoms with Crippen molar-refractivity contribution in [1.82, 2.24) is 5.32 Å². The van der Waals surface area contributed by atoms with Crippen molar-refractivity contribution >= 4 is 39.7 Å². The van der Waals surface area contributed by atoms with Gasteiger partial charge in [0.25, 0.3) is 0 Å². The zero-order valence-electron chi connectivity index (χ0n) is 14.4. The van der Waals surface area contributed by atoms with Gasteiger partial charge in [0.15, 0.2) is 17.2 Å². The van der Waals surface area contributed by atoms with Crippen LogP contribution in [0.1, 0.15) is 20.8 Å². The first-order chi connectivity index (χ1) is 12.3. The van der Waals surface area contributed by atoms with Crippen molar-refractivity contribution in [3.8, 4) is 0 Å². The molecule has 9 nitrogen and oxygen atoms in total. The van der Waals surface area contributed by atoms with Gasteiger partial charge in [-0.3, -0.25) is 19.2 Å². The molecule has 1 N–H and O–H groups in total. The molecular formula is C14H17BrF3NO8. The van der Waals surface area contributed by atoms with Crippen molar-refractivity contribution < 1.29 is 51.3 Å². The van der Waals surface area contributed by atoms with Gasteiger partial charge in [-0.05, 0) is 0 Å². The van der Waals surface area contributed by atoms with Gasteiger partial charge >= 0.3 is 30.0 Å². The van der Waals surface area contributed by atoms with Gasteiger partial charge in [-0.15, -0.1) is 0 Å². The van der Waals surface area contributed by atoms with Crippen LogP contribution in [0, 0.1) is 0 Å². The first-order valence-corrected chi connectivity index (χ1v) is 8.39. The van der Waals surface area contributed by atoms with Crippen LogP contribution >= 0.6 is 15.9 Å². The van der Waals surface area contributed by atoms with E-state index in [9.17, 15) is 32.3 Å². The molecule has 1 aliphatic heterocycles. The van der Waals surface area contributed by atoms with E-state index in [1.54, 1.807) is 5.32 Å². The molecule has 0 aromatic heterocycles. The lowest BCUT2D eigenvalue weighted by Gasteiger charge is -2.43. The Balaban J connectivity index is 3.23. The van der Waals surface area contributed by atoms with Crippen molar-refractivity contribution in [2.75, 3.05) is 6.61 Å². The first-order valence-electron chi connectivity index (χ1n) is 7.48. The Labute approximate surface area is 159 Å². The van der Waals surface area contributed by atoms with Crippen LogP contribution in [0.5, 0.6) is 0 Å². The summed E-state index contributed by atoms with van der Waals surface area (Å²) >= 11 is 2.99. The van der Waals surface area contributed by atoms with Crippen molar-refractivity contribution in [3.63, 3.8) is 0 Å². The topological polar surface area (TPSA) is 117 Å². The number of hydrogen-bond acceptors (Lipinski definition) is 8. The molecule has 27 heavy (non-hydrogen) atoms. The molecule has 0 aromatic carbocycles. The average molecular weight is 464 g/mol. The maximum atomic E-state index is 12.7. The van der Waals surface area contributed by atoms with Gasteiger partial charge < -0.3 is 24.3 Å². The van der Waals surface area contributed by atoms with Crippen LogP contribution in [-0.2, 0) is 38.1 Å². The standard InChI is InChI=1S/C14H17BrF3NO8/c1-5(20)24-4-8-10(25-6(2)21)9(19-13(23)14(16,17)18)11(12(15)27-8)26-7(3)22/h8-12H,4H2,1-3H3,(H,19,23)/t8-,9+,10-,11-,12+/m0/s1. The lowest BCUT2D eigenvalue weighted by Crippen LogP contribution is -2.66. The number of nitrogens with one attached hydrogen (secondary N) is 1. The summed E-state index contributed by atoms with van der Waals surface area (Å²) in [7, 11) is 0. The Morgan fingerprint density at radius 3 is 1.96 bits per heavy atom. The Bertz CT molecular complexity index is 599. The van der Waals surface area contributed by atoms with Crippen LogP contribution < -0.4 is 5.32 Å². The van der Waals surface area contributed by atoms with Gasteiger partial charge in [0.05, 0.1) is 0 Å². The van der Waals surface area contributed by atoms with Crippen molar-refractivity contribution in [1.29, 1.82) is 0 Å². The molecule has 0 unspecified atom stereocenters. The molecule has 0 aliphatic carbocycles. The molecule has 0 bridgehead atoms. The van der Waals surface area contributed by atoms with Crippen molar-refractivity contribution in [2.24, 2.45) is 0 Å². The first kappa shape index (κ1) is 23.1. The maximum Gasteiger partial charge on any atom is 0.471 e. The lowest BCUT2D eigenvalue weighted by molar-refractivity contribution is -0.208. The molecule has 1 fully saturated rings. The maximum absolute atomic E-state index is 12.7. The second-order valence-electron chi connectivity index (χ2n) is 5.47. The fourth-order valence-electron chi connectivity index (χ4n) is 2.29. The van der Waals surface area contributed by atoms with Crippen molar-refractivity contribution in [3.05, 3.63) is 0 Å². The van der Waals surface area contributed by atoms with Gasteiger partial charge in [0, 0.05) is 20.8 Å². The number of halogens is 4. The molecule has 13 heteroatoms. The highest BCUT2D eigenvalue weighted by Gasteiger charge is 2.52. The summed E-state index contributed by atoms with van der Waals surface area (Å²) in [6.45, 7) is 2.57. The van der Waals surface area contributed by atoms with E-state index in [0.29, 0.717) is 0 Å². The van der Waals surface area contributed by atoms with E-state index in [0.717, 1.165) is 20.8 Å². The van der Waals surface area contributed by atoms with Gasteiger partial charge in [-0.1, -0.05) is 15.9 Å². The molecule has 1 heterocycles. The number of carbonyl (C=O) groups excluding carboxylic acids is 4. The number of amides is 1. The average Bonchev–Trinajstić information content (AvgIpc) is 2.49. The van der Waals surface area contributed by atoms with E-state index in [4.69, 9.17) is 18.9 Å². The summed E-state index contributed by atoms with van der Waals surface area (Å²) in [4.78, 5) is 45.1. The van der Waals surface area contributed by atoms with E-state index in [1.807, 2.05) is 0 Å². The van der Waals surface area contributed by atoms with Crippen LogP contribution in [0.3, 0.4) is 0 Å². The summed E-state index contributed by atoms with van der Waals surface area (Å²) < 4.78 is 58.1. The normalized spacial score (nSPS) is 28.0. The Morgan fingerprint density at radius 1 is 1.00 bits per heavy atom. The highest BCUT2D eigenvalue weighted by molar-refractivity contribution is 9.09. The summed E-state index contributed by atoms with van der Waals surface area (Å²) in [6, 6.07) is -1.63. The molecule has 1 saturated heterocycles. The highest BCUT2D eigenvalue weighted by Crippen LogP contribution is 2.30. The summed E-state index contributed by atoms with van der Waals surface area (Å²) in [5, 5.41) is 0.461. The van der Waals surface area contributed by atoms with Gasteiger partial charge in [-0.25, -0.2) is 0 Å². The fourth-order valence-corrected chi connectivity index (χ4v) is 3.01. The number of alkyl halides is 4. The third kappa shape index (κ3) is 6.97. The number of rotatable bonds is 5. The molecular weight excluding hydrogens is 447 g/mol.